The minimum absolute atomic E-state index is 0.383. The third kappa shape index (κ3) is 1.66. The van der Waals surface area contributed by atoms with Crippen molar-refractivity contribution < 1.29 is 0 Å². The number of aryl methyl sites for hydroxylation is 1. The van der Waals surface area contributed by atoms with E-state index in [9.17, 15) is 0 Å². The number of rotatable bonds is 1. The van der Waals surface area contributed by atoms with E-state index < -0.39 is 0 Å². The van der Waals surface area contributed by atoms with E-state index in [0.29, 0.717) is 4.75 Å². The second kappa shape index (κ2) is 3.32. The molecule has 1 unspecified atom stereocenters. The summed E-state index contributed by atoms with van der Waals surface area (Å²) in [4.78, 5) is 0. The lowest BCUT2D eigenvalue weighted by Gasteiger charge is -2.39. The molecular weight excluding hydrogens is 244 g/mol. The van der Waals surface area contributed by atoms with E-state index in [0.717, 1.165) is 0 Å². The summed E-state index contributed by atoms with van der Waals surface area (Å²) in [6.45, 7) is 4.54. The Bertz CT molecular complexity index is 329. The molecule has 2 rings (SSSR count). The van der Waals surface area contributed by atoms with E-state index in [1.807, 2.05) is 0 Å². The maximum absolute atomic E-state index is 3.53. The summed E-state index contributed by atoms with van der Waals surface area (Å²) < 4.78 is 1.58. The Balaban J connectivity index is 2.43. The molecule has 0 bridgehead atoms. The van der Waals surface area contributed by atoms with Crippen LogP contribution in [0.4, 0.5) is 0 Å². The smallest absolute Gasteiger partial charge is 0.0391 e. The van der Waals surface area contributed by atoms with Crippen LogP contribution < -0.4 is 0 Å². The summed E-state index contributed by atoms with van der Waals surface area (Å²) in [6.07, 6.45) is 1.31. The van der Waals surface area contributed by atoms with Crippen molar-refractivity contribution in [1.29, 1.82) is 0 Å². The Morgan fingerprint density at radius 2 is 2.15 bits per heavy atom. The largest absolute Gasteiger partial charge is 0.151 e. The van der Waals surface area contributed by atoms with Crippen molar-refractivity contribution in [3.05, 3.63) is 33.8 Å². The highest BCUT2D eigenvalue weighted by Crippen LogP contribution is 2.50. The van der Waals surface area contributed by atoms with Crippen LogP contribution in [0.1, 0.15) is 24.5 Å². The Hall–Kier alpha value is 0.0500. The van der Waals surface area contributed by atoms with Crippen LogP contribution in [0.25, 0.3) is 0 Å². The molecular formula is C11H13BrS. The van der Waals surface area contributed by atoms with Crippen LogP contribution in [0.5, 0.6) is 0 Å². The van der Waals surface area contributed by atoms with Gasteiger partial charge in [-0.05, 0) is 49.3 Å². The quantitative estimate of drug-likeness (QED) is 0.729. The van der Waals surface area contributed by atoms with Crippen LogP contribution in [0.15, 0.2) is 22.7 Å². The summed E-state index contributed by atoms with van der Waals surface area (Å²) in [6, 6.07) is 6.58. The average Bonchev–Trinajstić information content (AvgIpc) is 2.05. The van der Waals surface area contributed by atoms with Gasteiger partial charge in [0.15, 0.2) is 0 Å². The molecule has 0 saturated carbocycles. The first-order valence-corrected chi connectivity index (χ1v) is 6.30. The fraction of sp³-hybridized carbons (Fsp3) is 0.455. The lowest BCUT2D eigenvalue weighted by atomic mass is 9.92. The number of hydrogen-bond acceptors (Lipinski definition) is 1. The summed E-state index contributed by atoms with van der Waals surface area (Å²) in [5.41, 5.74) is 2.91. The summed E-state index contributed by atoms with van der Waals surface area (Å²) >= 11 is 5.60. The van der Waals surface area contributed by atoms with Crippen LogP contribution in [-0.2, 0) is 4.75 Å². The lowest BCUT2D eigenvalue weighted by molar-refractivity contribution is 0.622. The van der Waals surface area contributed by atoms with Crippen molar-refractivity contribution >= 4 is 27.7 Å². The van der Waals surface area contributed by atoms with Crippen molar-refractivity contribution in [2.24, 2.45) is 0 Å². The van der Waals surface area contributed by atoms with Gasteiger partial charge < -0.3 is 0 Å². The van der Waals surface area contributed by atoms with Gasteiger partial charge in [0.25, 0.3) is 0 Å². The molecule has 0 spiro atoms. The van der Waals surface area contributed by atoms with E-state index in [1.54, 1.807) is 0 Å². The minimum Gasteiger partial charge on any atom is -0.151 e. The molecule has 0 aromatic heterocycles. The van der Waals surface area contributed by atoms with Gasteiger partial charge in [-0.1, -0.05) is 22.0 Å². The molecule has 0 aliphatic carbocycles. The van der Waals surface area contributed by atoms with Crippen molar-refractivity contribution in [3.63, 3.8) is 0 Å². The molecule has 1 atom stereocenters. The molecule has 0 amide bonds. The van der Waals surface area contributed by atoms with Crippen molar-refractivity contribution in [1.82, 2.24) is 0 Å². The Kier molecular flexibility index (Phi) is 2.45. The van der Waals surface area contributed by atoms with Crippen LogP contribution >= 0.6 is 27.7 Å². The highest BCUT2D eigenvalue weighted by Gasteiger charge is 2.35. The molecule has 70 valence electrons. The first kappa shape index (κ1) is 9.60. The van der Waals surface area contributed by atoms with Crippen molar-refractivity contribution in [2.45, 2.75) is 25.0 Å². The number of thioether (sulfide) groups is 1. The first-order valence-electron chi connectivity index (χ1n) is 4.52. The van der Waals surface area contributed by atoms with Gasteiger partial charge in [0.05, 0.1) is 0 Å². The fourth-order valence-corrected chi connectivity index (χ4v) is 3.34. The van der Waals surface area contributed by atoms with Gasteiger partial charge in [-0.3, -0.25) is 0 Å². The minimum atomic E-state index is 0.383. The molecule has 13 heavy (non-hydrogen) atoms. The van der Waals surface area contributed by atoms with Gasteiger partial charge in [-0.2, -0.15) is 11.8 Å². The number of benzene rings is 1. The van der Waals surface area contributed by atoms with Crippen molar-refractivity contribution in [3.8, 4) is 0 Å². The summed E-state index contributed by atoms with van der Waals surface area (Å²) in [7, 11) is 0. The molecule has 0 N–H and O–H groups in total. The molecule has 1 aromatic carbocycles. The van der Waals surface area contributed by atoms with E-state index in [4.69, 9.17) is 0 Å². The number of hydrogen-bond donors (Lipinski definition) is 0. The van der Waals surface area contributed by atoms with E-state index >= 15 is 0 Å². The molecule has 1 aliphatic rings. The standard InChI is InChI=1S/C11H13BrS/c1-8-3-4-9(12)7-10(8)11(2)5-6-13-11/h3-4,7H,5-6H2,1-2H3. The van der Waals surface area contributed by atoms with Crippen molar-refractivity contribution in [2.75, 3.05) is 5.75 Å². The zero-order valence-electron chi connectivity index (χ0n) is 7.93. The van der Waals surface area contributed by atoms with E-state index in [2.05, 4.69) is 59.7 Å². The maximum atomic E-state index is 3.53. The highest BCUT2D eigenvalue weighted by molar-refractivity contribution is 9.10. The van der Waals surface area contributed by atoms with Gasteiger partial charge in [0.1, 0.15) is 0 Å². The zero-order valence-corrected chi connectivity index (χ0v) is 10.3. The molecule has 0 radical (unpaired) electrons. The highest BCUT2D eigenvalue weighted by atomic mass is 79.9. The summed E-state index contributed by atoms with van der Waals surface area (Å²) in [5, 5.41) is 0. The van der Waals surface area contributed by atoms with Gasteiger partial charge in [-0.15, -0.1) is 0 Å². The Morgan fingerprint density at radius 1 is 1.46 bits per heavy atom. The second-order valence-electron chi connectivity index (χ2n) is 3.79. The second-order valence-corrected chi connectivity index (χ2v) is 6.30. The van der Waals surface area contributed by atoms with Crippen LogP contribution in [-0.4, -0.2) is 5.75 Å². The fourth-order valence-electron chi connectivity index (χ4n) is 1.78. The van der Waals surface area contributed by atoms with Gasteiger partial charge in [-0.25, -0.2) is 0 Å². The Labute approximate surface area is 92.2 Å². The van der Waals surface area contributed by atoms with Crippen LogP contribution in [0.3, 0.4) is 0 Å². The van der Waals surface area contributed by atoms with Gasteiger partial charge in [0, 0.05) is 9.22 Å². The SMILES string of the molecule is Cc1ccc(Br)cc1C1(C)CCS1. The average molecular weight is 257 g/mol. The molecule has 1 heterocycles. The monoisotopic (exact) mass is 256 g/mol. The van der Waals surface area contributed by atoms with E-state index in [1.165, 1.54) is 27.8 Å². The topological polar surface area (TPSA) is 0 Å². The third-order valence-electron chi connectivity index (χ3n) is 2.77. The molecule has 1 aliphatic heterocycles. The number of halogens is 1. The molecule has 1 saturated heterocycles. The molecule has 2 heteroatoms. The zero-order chi connectivity index (χ0) is 9.47. The summed E-state index contributed by atoms with van der Waals surface area (Å²) in [5.74, 6) is 1.31. The third-order valence-corrected chi connectivity index (χ3v) is 4.73. The normalized spacial score (nSPS) is 27.0. The van der Waals surface area contributed by atoms with Crippen LogP contribution in [0.2, 0.25) is 0 Å². The maximum Gasteiger partial charge on any atom is 0.0391 e. The predicted molar refractivity (Wildman–Crippen MR) is 63.3 cm³/mol. The Morgan fingerprint density at radius 3 is 2.69 bits per heavy atom. The predicted octanol–water partition coefficient (Wildman–Crippen LogP) is 4.11. The molecule has 0 nitrogen and oxygen atoms in total. The molecule has 1 fully saturated rings. The molecule has 1 aromatic rings. The van der Waals surface area contributed by atoms with Gasteiger partial charge in [0.2, 0.25) is 0 Å². The van der Waals surface area contributed by atoms with Gasteiger partial charge >= 0.3 is 0 Å². The van der Waals surface area contributed by atoms with Crippen LogP contribution in [0, 0.1) is 6.92 Å². The first-order chi connectivity index (χ1) is 6.12. The van der Waals surface area contributed by atoms with E-state index in [-0.39, 0.29) is 0 Å². The lowest BCUT2D eigenvalue weighted by Crippen LogP contribution is -2.28.